The summed E-state index contributed by atoms with van der Waals surface area (Å²) in [7, 11) is 0. The number of rotatable bonds is 4. The quantitative estimate of drug-likeness (QED) is 0.297. The van der Waals surface area contributed by atoms with Gasteiger partial charge in [0.25, 0.3) is 0 Å². The third-order valence-corrected chi connectivity index (χ3v) is 6.64. The molecule has 0 atom stereocenters. The van der Waals surface area contributed by atoms with E-state index in [9.17, 15) is 9.18 Å². The number of aromatic amines is 1. The Morgan fingerprint density at radius 2 is 1.65 bits per heavy atom. The molecule has 0 bridgehead atoms. The number of aromatic nitrogens is 2. The fraction of sp³-hybridized carbons (Fsp3) is 0.138. The maximum atomic E-state index is 14.1. The molecule has 0 spiro atoms. The van der Waals surface area contributed by atoms with Crippen LogP contribution in [-0.2, 0) is 6.54 Å². The Labute approximate surface area is 197 Å². The minimum atomic E-state index is -0.355. The van der Waals surface area contributed by atoms with E-state index in [0.29, 0.717) is 11.1 Å². The molecule has 0 saturated heterocycles. The summed E-state index contributed by atoms with van der Waals surface area (Å²) in [5, 5.41) is 4.59. The van der Waals surface area contributed by atoms with Gasteiger partial charge in [-0.15, -0.1) is 0 Å². The summed E-state index contributed by atoms with van der Waals surface area (Å²) in [6.07, 6.45) is 0.970. The lowest BCUT2D eigenvalue weighted by Crippen LogP contribution is -2.19. The van der Waals surface area contributed by atoms with Crippen molar-refractivity contribution in [1.82, 2.24) is 9.55 Å². The molecule has 0 amide bonds. The maximum absolute atomic E-state index is 14.1. The molecular weight excluding hydrogens is 425 g/mol. The van der Waals surface area contributed by atoms with Gasteiger partial charge in [-0.1, -0.05) is 48.5 Å². The molecular formula is C29H24FN3O. The Morgan fingerprint density at radius 3 is 2.44 bits per heavy atom. The molecule has 5 aromatic rings. The van der Waals surface area contributed by atoms with Gasteiger partial charge >= 0.3 is 0 Å². The van der Waals surface area contributed by atoms with Crippen LogP contribution in [0.1, 0.15) is 28.0 Å². The first-order valence-electron chi connectivity index (χ1n) is 11.6. The first-order valence-corrected chi connectivity index (χ1v) is 11.6. The molecule has 2 N–H and O–H groups in total. The van der Waals surface area contributed by atoms with Crippen LogP contribution in [0.5, 0.6) is 0 Å². The average molecular weight is 450 g/mol. The van der Waals surface area contributed by atoms with Crippen molar-refractivity contribution in [2.45, 2.75) is 19.9 Å². The van der Waals surface area contributed by atoms with E-state index in [0.717, 1.165) is 64.3 Å². The largest absolute Gasteiger partial charge is 0.371 e. The molecule has 2 aromatic heterocycles. The van der Waals surface area contributed by atoms with Crippen molar-refractivity contribution in [2.24, 2.45) is 0 Å². The fourth-order valence-electron chi connectivity index (χ4n) is 5.17. The van der Waals surface area contributed by atoms with Crippen molar-refractivity contribution in [3.8, 4) is 22.4 Å². The highest BCUT2D eigenvalue weighted by Crippen LogP contribution is 2.47. The SMILES string of the molecule is Cc1[nH]c2ccccc2c1-c1c(C(=O)c2ccc(F)cc2)c2n(c1-c1ccccc1)CCCN2. The number of benzene rings is 3. The Kier molecular flexibility index (Phi) is 4.84. The van der Waals surface area contributed by atoms with Crippen LogP contribution in [0, 0.1) is 12.7 Å². The minimum absolute atomic E-state index is 0.111. The Balaban J connectivity index is 1.73. The van der Waals surface area contributed by atoms with Crippen LogP contribution in [0.25, 0.3) is 33.3 Å². The number of carbonyl (C=O) groups excluding carboxylic acids is 1. The highest BCUT2D eigenvalue weighted by molar-refractivity contribution is 6.20. The van der Waals surface area contributed by atoms with E-state index >= 15 is 0 Å². The molecule has 4 nitrogen and oxygen atoms in total. The molecule has 1 aliphatic heterocycles. The molecule has 3 aromatic carbocycles. The van der Waals surface area contributed by atoms with Crippen LogP contribution in [0.4, 0.5) is 10.2 Å². The summed E-state index contributed by atoms with van der Waals surface area (Å²) in [4.78, 5) is 17.6. The van der Waals surface area contributed by atoms with Crippen LogP contribution in [0.2, 0.25) is 0 Å². The number of anilines is 1. The summed E-state index contributed by atoms with van der Waals surface area (Å²) >= 11 is 0. The van der Waals surface area contributed by atoms with Gasteiger partial charge in [0.2, 0.25) is 0 Å². The molecule has 0 radical (unpaired) electrons. The number of halogens is 1. The van der Waals surface area contributed by atoms with Gasteiger partial charge in [0.1, 0.15) is 11.6 Å². The lowest BCUT2D eigenvalue weighted by molar-refractivity contribution is 0.104. The molecule has 34 heavy (non-hydrogen) atoms. The van der Waals surface area contributed by atoms with E-state index in [1.807, 2.05) is 30.3 Å². The monoisotopic (exact) mass is 449 g/mol. The first kappa shape index (κ1) is 20.5. The standard InChI is InChI=1S/C29H24FN3O/c1-18-24(22-10-5-6-11-23(22)32-18)25-26(28(34)20-12-14-21(30)15-13-20)29-31-16-7-17-33(29)27(25)19-8-3-2-4-9-19/h2-6,8-15,31-32H,7,16-17H2,1H3. The van der Waals surface area contributed by atoms with Gasteiger partial charge in [0.15, 0.2) is 5.78 Å². The van der Waals surface area contributed by atoms with E-state index < -0.39 is 0 Å². The zero-order valence-electron chi connectivity index (χ0n) is 18.9. The molecule has 0 unspecified atom stereocenters. The maximum Gasteiger partial charge on any atom is 0.197 e. The fourth-order valence-corrected chi connectivity index (χ4v) is 5.17. The van der Waals surface area contributed by atoms with Gasteiger partial charge in [-0.2, -0.15) is 0 Å². The summed E-state index contributed by atoms with van der Waals surface area (Å²) in [6.45, 7) is 3.67. The number of hydrogen-bond donors (Lipinski definition) is 2. The van der Waals surface area contributed by atoms with Gasteiger partial charge in [0, 0.05) is 46.4 Å². The van der Waals surface area contributed by atoms with Gasteiger partial charge < -0.3 is 14.9 Å². The highest BCUT2D eigenvalue weighted by atomic mass is 19.1. The van der Waals surface area contributed by atoms with Crippen molar-refractivity contribution in [3.63, 3.8) is 0 Å². The zero-order chi connectivity index (χ0) is 23.2. The second kappa shape index (κ2) is 8.03. The molecule has 168 valence electrons. The van der Waals surface area contributed by atoms with Crippen LogP contribution in [0.15, 0.2) is 78.9 Å². The Bertz CT molecular complexity index is 1530. The van der Waals surface area contributed by atoms with Gasteiger partial charge in [0.05, 0.1) is 11.3 Å². The van der Waals surface area contributed by atoms with Crippen LogP contribution >= 0.6 is 0 Å². The number of nitrogens with one attached hydrogen (secondary N) is 2. The van der Waals surface area contributed by atoms with Gasteiger partial charge in [-0.25, -0.2) is 4.39 Å². The summed E-state index contributed by atoms with van der Waals surface area (Å²) in [5.74, 6) is 0.366. The van der Waals surface area contributed by atoms with E-state index in [1.165, 1.54) is 12.1 Å². The van der Waals surface area contributed by atoms with Crippen molar-refractivity contribution in [3.05, 3.63) is 102 Å². The number of ketones is 1. The molecule has 0 aliphatic carbocycles. The average Bonchev–Trinajstić information content (AvgIpc) is 3.38. The summed E-state index contributed by atoms with van der Waals surface area (Å²) in [6, 6.07) is 24.3. The van der Waals surface area contributed by atoms with Crippen molar-refractivity contribution < 1.29 is 9.18 Å². The Hall–Kier alpha value is -4.12. The van der Waals surface area contributed by atoms with Crippen molar-refractivity contribution in [2.75, 3.05) is 11.9 Å². The lowest BCUT2D eigenvalue weighted by atomic mass is 9.91. The number of para-hydroxylation sites is 1. The molecule has 5 heteroatoms. The molecule has 0 saturated carbocycles. The summed E-state index contributed by atoms with van der Waals surface area (Å²) < 4.78 is 15.9. The topological polar surface area (TPSA) is 49.8 Å². The number of nitrogens with zero attached hydrogens (tertiary/aromatic N) is 1. The molecule has 1 aliphatic rings. The predicted octanol–water partition coefficient (Wildman–Crippen LogP) is 6.80. The highest BCUT2D eigenvalue weighted by Gasteiger charge is 2.32. The number of fused-ring (bicyclic) bond motifs is 2. The minimum Gasteiger partial charge on any atom is -0.371 e. The normalized spacial score (nSPS) is 13.0. The van der Waals surface area contributed by atoms with Gasteiger partial charge in [-0.3, -0.25) is 4.79 Å². The number of aryl methyl sites for hydroxylation is 1. The smallest absolute Gasteiger partial charge is 0.197 e. The molecule has 3 heterocycles. The first-order chi connectivity index (χ1) is 16.6. The second-order valence-corrected chi connectivity index (χ2v) is 8.75. The van der Waals surface area contributed by atoms with E-state index in [-0.39, 0.29) is 11.6 Å². The van der Waals surface area contributed by atoms with E-state index in [2.05, 4.69) is 46.1 Å². The third kappa shape index (κ3) is 3.16. The predicted molar refractivity (Wildman–Crippen MR) is 135 cm³/mol. The summed E-state index contributed by atoms with van der Waals surface area (Å²) in [5.41, 5.74) is 7.19. The lowest BCUT2D eigenvalue weighted by Gasteiger charge is -2.20. The number of hydrogen-bond acceptors (Lipinski definition) is 2. The van der Waals surface area contributed by atoms with Gasteiger partial charge in [-0.05, 0) is 49.2 Å². The molecule has 6 rings (SSSR count). The second-order valence-electron chi connectivity index (χ2n) is 8.75. The number of carbonyl (C=O) groups is 1. The van der Waals surface area contributed by atoms with Crippen LogP contribution < -0.4 is 5.32 Å². The van der Waals surface area contributed by atoms with E-state index in [4.69, 9.17) is 0 Å². The van der Waals surface area contributed by atoms with Crippen molar-refractivity contribution in [1.29, 1.82) is 0 Å². The third-order valence-electron chi connectivity index (χ3n) is 6.64. The van der Waals surface area contributed by atoms with Crippen molar-refractivity contribution >= 4 is 22.5 Å². The van der Waals surface area contributed by atoms with Crippen LogP contribution in [-0.4, -0.2) is 21.9 Å². The van der Waals surface area contributed by atoms with Crippen LogP contribution in [0.3, 0.4) is 0 Å². The Morgan fingerprint density at radius 1 is 0.912 bits per heavy atom. The van der Waals surface area contributed by atoms with E-state index in [1.54, 1.807) is 12.1 Å². The molecule has 0 fully saturated rings. The number of H-pyrrole nitrogens is 1. The zero-order valence-corrected chi connectivity index (χ0v) is 18.9.